The van der Waals surface area contributed by atoms with Gasteiger partial charge in [0.2, 0.25) is 0 Å². The summed E-state index contributed by atoms with van der Waals surface area (Å²) in [6, 6.07) is 10.3. The molecule has 2 N–H and O–H groups in total. The Morgan fingerprint density at radius 1 is 1.42 bits per heavy atom. The van der Waals surface area contributed by atoms with Gasteiger partial charge in [0.15, 0.2) is 0 Å². The third-order valence-electron chi connectivity index (χ3n) is 1.22. The quantitative estimate of drug-likeness (QED) is 0.648. The number of carbonyl (C=O) groups is 1. The van der Waals surface area contributed by atoms with E-state index in [1.165, 1.54) is 5.56 Å². The Kier molecular flexibility index (Phi) is 6.88. The summed E-state index contributed by atoms with van der Waals surface area (Å²) in [6.07, 6.45) is 0. The summed E-state index contributed by atoms with van der Waals surface area (Å²) < 4.78 is 0. The molecule has 0 aliphatic heterocycles. The molecule has 3 heteroatoms. The van der Waals surface area contributed by atoms with Crippen LogP contribution in [0, 0.1) is 0 Å². The molecule has 0 atom stereocenters. The van der Waals surface area contributed by atoms with Crippen molar-refractivity contribution in [3.05, 3.63) is 35.9 Å². The second-order valence-electron chi connectivity index (χ2n) is 2.12. The zero-order chi connectivity index (χ0) is 9.23. The Hall–Kier alpha value is -1.35. The molecule has 0 unspecified atom stereocenters. The van der Waals surface area contributed by atoms with Gasteiger partial charge in [-0.1, -0.05) is 30.3 Å². The van der Waals surface area contributed by atoms with E-state index in [9.17, 15) is 0 Å². The van der Waals surface area contributed by atoms with Crippen molar-refractivity contribution < 1.29 is 9.90 Å². The van der Waals surface area contributed by atoms with Crippen LogP contribution in [0.15, 0.2) is 30.3 Å². The van der Waals surface area contributed by atoms with Crippen molar-refractivity contribution in [3.8, 4) is 0 Å². The highest BCUT2D eigenvalue weighted by Crippen LogP contribution is 1.95. The second-order valence-corrected chi connectivity index (χ2v) is 2.12. The SMILES string of the molecule is CNCc1ccccc1.O=CO. The lowest BCUT2D eigenvalue weighted by Gasteiger charge is -1.95. The van der Waals surface area contributed by atoms with E-state index in [1.54, 1.807) is 0 Å². The van der Waals surface area contributed by atoms with Gasteiger partial charge in [0.1, 0.15) is 0 Å². The Balaban J connectivity index is 0.000000354. The first-order valence-electron chi connectivity index (χ1n) is 3.61. The minimum atomic E-state index is -0.250. The first-order valence-corrected chi connectivity index (χ1v) is 3.61. The highest BCUT2D eigenvalue weighted by atomic mass is 16.3. The summed E-state index contributed by atoms with van der Waals surface area (Å²) in [4.78, 5) is 8.36. The second kappa shape index (κ2) is 7.75. The van der Waals surface area contributed by atoms with Gasteiger partial charge in [-0.25, -0.2) is 0 Å². The van der Waals surface area contributed by atoms with Gasteiger partial charge in [0.25, 0.3) is 6.47 Å². The van der Waals surface area contributed by atoms with Crippen LogP contribution < -0.4 is 5.32 Å². The largest absolute Gasteiger partial charge is 0.483 e. The fourth-order valence-corrected chi connectivity index (χ4v) is 0.800. The lowest BCUT2D eigenvalue weighted by molar-refractivity contribution is -0.122. The number of benzene rings is 1. The van der Waals surface area contributed by atoms with E-state index < -0.39 is 0 Å². The summed E-state index contributed by atoms with van der Waals surface area (Å²) in [5, 5.41) is 9.97. The number of hydrogen-bond donors (Lipinski definition) is 2. The van der Waals surface area contributed by atoms with Crippen molar-refractivity contribution in [1.82, 2.24) is 5.32 Å². The third-order valence-corrected chi connectivity index (χ3v) is 1.22. The van der Waals surface area contributed by atoms with Crippen LogP contribution >= 0.6 is 0 Å². The fraction of sp³-hybridized carbons (Fsp3) is 0.222. The first-order chi connectivity index (χ1) is 5.85. The molecule has 3 nitrogen and oxygen atoms in total. The Labute approximate surface area is 72.0 Å². The molecule has 0 aliphatic rings. The Morgan fingerprint density at radius 3 is 2.33 bits per heavy atom. The van der Waals surface area contributed by atoms with Gasteiger partial charge in [-0.3, -0.25) is 4.79 Å². The van der Waals surface area contributed by atoms with Crippen LogP contribution in [0.25, 0.3) is 0 Å². The normalized spacial score (nSPS) is 8.08. The van der Waals surface area contributed by atoms with Gasteiger partial charge in [-0.2, -0.15) is 0 Å². The molecule has 0 saturated carbocycles. The number of nitrogens with one attached hydrogen (secondary N) is 1. The minimum absolute atomic E-state index is 0.250. The monoisotopic (exact) mass is 167 g/mol. The molecule has 1 aromatic rings. The van der Waals surface area contributed by atoms with Gasteiger partial charge < -0.3 is 10.4 Å². The molecule has 0 bridgehead atoms. The standard InChI is InChI=1S/C8H11N.CH2O2/c1-9-7-8-5-3-2-4-6-8;2-1-3/h2-6,9H,7H2,1H3;1H,(H,2,3). The van der Waals surface area contributed by atoms with Gasteiger partial charge >= 0.3 is 0 Å². The van der Waals surface area contributed by atoms with Crippen LogP contribution in [-0.2, 0) is 11.3 Å². The Bertz CT molecular complexity index is 199. The maximum Gasteiger partial charge on any atom is 0.290 e. The van der Waals surface area contributed by atoms with Crippen molar-refractivity contribution in [1.29, 1.82) is 0 Å². The lowest BCUT2D eigenvalue weighted by Crippen LogP contribution is -2.04. The molecule has 0 aromatic heterocycles. The van der Waals surface area contributed by atoms with E-state index in [0.29, 0.717) is 0 Å². The van der Waals surface area contributed by atoms with Crippen molar-refractivity contribution >= 4 is 6.47 Å². The molecule has 0 fully saturated rings. The van der Waals surface area contributed by atoms with Crippen LogP contribution in [0.4, 0.5) is 0 Å². The zero-order valence-electron chi connectivity index (χ0n) is 7.03. The minimum Gasteiger partial charge on any atom is -0.483 e. The van der Waals surface area contributed by atoms with Crippen LogP contribution in [-0.4, -0.2) is 18.6 Å². The first kappa shape index (κ1) is 10.7. The molecule has 12 heavy (non-hydrogen) atoms. The number of rotatable bonds is 2. The summed E-state index contributed by atoms with van der Waals surface area (Å²) in [6.45, 7) is 0.709. The third kappa shape index (κ3) is 5.44. The van der Waals surface area contributed by atoms with E-state index in [-0.39, 0.29) is 6.47 Å². The number of carboxylic acid groups (broad SMARTS) is 1. The summed E-state index contributed by atoms with van der Waals surface area (Å²) in [5.41, 5.74) is 1.33. The summed E-state index contributed by atoms with van der Waals surface area (Å²) >= 11 is 0. The predicted octanol–water partition coefficient (Wildman–Crippen LogP) is 1.11. The molecular weight excluding hydrogens is 154 g/mol. The van der Waals surface area contributed by atoms with E-state index in [2.05, 4.69) is 17.4 Å². The number of hydrogen-bond acceptors (Lipinski definition) is 2. The Morgan fingerprint density at radius 2 is 1.92 bits per heavy atom. The highest BCUT2D eigenvalue weighted by molar-refractivity contribution is 5.32. The topological polar surface area (TPSA) is 49.3 Å². The average Bonchev–Trinajstić information content (AvgIpc) is 2.08. The molecule has 0 amide bonds. The molecule has 0 heterocycles. The van der Waals surface area contributed by atoms with Gasteiger partial charge in [-0.15, -0.1) is 0 Å². The molecule has 1 rings (SSSR count). The molecule has 0 saturated heterocycles. The molecule has 0 aliphatic carbocycles. The summed E-state index contributed by atoms with van der Waals surface area (Å²) in [5.74, 6) is 0. The predicted molar refractivity (Wildman–Crippen MR) is 47.9 cm³/mol. The van der Waals surface area contributed by atoms with E-state index >= 15 is 0 Å². The molecule has 0 radical (unpaired) electrons. The zero-order valence-corrected chi connectivity index (χ0v) is 7.03. The van der Waals surface area contributed by atoms with E-state index in [0.717, 1.165) is 6.54 Å². The van der Waals surface area contributed by atoms with Crippen LogP contribution in [0.2, 0.25) is 0 Å². The maximum atomic E-state index is 8.36. The molecule has 1 aromatic carbocycles. The van der Waals surface area contributed by atoms with E-state index in [1.807, 2.05) is 25.2 Å². The highest BCUT2D eigenvalue weighted by Gasteiger charge is 1.83. The van der Waals surface area contributed by atoms with Crippen LogP contribution in [0.1, 0.15) is 5.56 Å². The van der Waals surface area contributed by atoms with Gasteiger partial charge in [0, 0.05) is 6.54 Å². The smallest absolute Gasteiger partial charge is 0.290 e. The van der Waals surface area contributed by atoms with Crippen molar-refractivity contribution in [2.75, 3.05) is 7.05 Å². The van der Waals surface area contributed by atoms with Crippen molar-refractivity contribution in [2.24, 2.45) is 0 Å². The molecule has 0 spiro atoms. The molecular formula is C9H13NO2. The van der Waals surface area contributed by atoms with Gasteiger partial charge in [0.05, 0.1) is 0 Å². The maximum absolute atomic E-state index is 8.36. The fourth-order valence-electron chi connectivity index (χ4n) is 0.800. The lowest BCUT2D eigenvalue weighted by atomic mass is 10.2. The van der Waals surface area contributed by atoms with Crippen molar-refractivity contribution in [3.63, 3.8) is 0 Å². The van der Waals surface area contributed by atoms with Crippen LogP contribution in [0.5, 0.6) is 0 Å². The van der Waals surface area contributed by atoms with E-state index in [4.69, 9.17) is 9.90 Å². The summed E-state index contributed by atoms with van der Waals surface area (Å²) in [7, 11) is 1.95. The molecule has 66 valence electrons. The average molecular weight is 167 g/mol. The van der Waals surface area contributed by atoms with Crippen LogP contribution in [0.3, 0.4) is 0 Å². The van der Waals surface area contributed by atoms with Gasteiger partial charge in [-0.05, 0) is 12.6 Å². The van der Waals surface area contributed by atoms with Crippen molar-refractivity contribution in [2.45, 2.75) is 6.54 Å².